The predicted molar refractivity (Wildman–Crippen MR) is 122 cm³/mol. The highest BCUT2D eigenvalue weighted by Crippen LogP contribution is 2.44. The van der Waals surface area contributed by atoms with Crippen molar-refractivity contribution in [1.29, 1.82) is 0 Å². The lowest BCUT2D eigenvalue weighted by atomic mass is 10.1. The molecule has 0 saturated carbocycles. The number of hydrogen-bond donors (Lipinski definition) is 1. The minimum Gasteiger partial charge on any atom is -0.497 e. The summed E-state index contributed by atoms with van der Waals surface area (Å²) in [4.78, 5) is 1.08. The van der Waals surface area contributed by atoms with E-state index < -0.39 is 11.0 Å². The third-order valence-corrected chi connectivity index (χ3v) is 8.41. The van der Waals surface area contributed by atoms with Crippen molar-refractivity contribution in [3.05, 3.63) is 71.6 Å². The summed E-state index contributed by atoms with van der Waals surface area (Å²) in [6.45, 7) is 0.796. The first-order valence-corrected chi connectivity index (χ1v) is 12.0. The molecule has 4 nitrogen and oxygen atoms in total. The van der Waals surface area contributed by atoms with E-state index in [9.17, 15) is 9.32 Å². The summed E-state index contributed by atoms with van der Waals surface area (Å²) in [6.07, 6.45) is 0. The van der Waals surface area contributed by atoms with Crippen LogP contribution in [-0.2, 0) is 17.5 Å². The average molecular weight is 444 g/mol. The van der Waals surface area contributed by atoms with E-state index in [2.05, 4.69) is 6.07 Å². The molecule has 2 heterocycles. The minimum atomic E-state index is -1.40. The van der Waals surface area contributed by atoms with Crippen LogP contribution in [0, 0.1) is 0 Å². The average Bonchev–Trinajstić information content (AvgIpc) is 3.40. The van der Waals surface area contributed by atoms with E-state index in [-0.39, 0.29) is 6.61 Å². The van der Waals surface area contributed by atoms with Gasteiger partial charge in [0.1, 0.15) is 20.9 Å². The highest BCUT2D eigenvalue weighted by molar-refractivity contribution is 7.85. The minimum absolute atomic E-state index is 0.0500. The van der Waals surface area contributed by atoms with E-state index in [0.717, 1.165) is 36.0 Å². The van der Waals surface area contributed by atoms with Gasteiger partial charge in [0.05, 0.1) is 13.7 Å². The second kappa shape index (κ2) is 9.19. The van der Waals surface area contributed by atoms with Gasteiger partial charge in [-0.2, -0.15) is 0 Å². The molecule has 150 valence electrons. The van der Waals surface area contributed by atoms with Gasteiger partial charge in [-0.05, 0) is 35.2 Å². The Balaban J connectivity index is 1.80. The molecule has 0 amide bonds. The summed E-state index contributed by atoms with van der Waals surface area (Å²) in [7, 11) is 0.252. The van der Waals surface area contributed by atoms with Crippen molar-refractivity contribution < 1.29 is 14.1 Å². The number of thiophene rings is 2. The normalized spacial score (nSPS) is 12.5. The first-order valence-electron chi connectivity index (χ1n) is 9.17. The van der Waals surface area contributed by atoms with E-state index in [1.54, 1.807) is 29.8 Å². The van der Waals surface area contributed by atoms with Gasteiger partial charge >= 0.3 is 0 Å². The third-order valence-electron chi connectivity index (χ3n) is 4.57. The highest BCUT2D eigenvalue weighted by Gasteiger charge is 2.24. The molecule has 0 aliphatic rings. The molecular weight excluding hydrogens is 422 g/mol. The van der Waals surface area contributed by atoms with Gasteiger partial charge in [0.2, 0.25) is 0 Å². The standard InChI is InChI=1S/C22H21NO3S3/c1-26-17-9-10-19-18(14-17)21(20-8-5-13-27-20)22(28-19)29(25)23(11-12-24)15-16-6-3-2-4-7-16/h2-10,13-14,24H,11-12,15H2,1H3. The zero-order valence-electron chi connectivity index (χ0n) is 15.9. The fourth-order valence-corrected chi connectivity index (χ4v) is 7.06. The summed E-state index contributed by atoms with van der Waals surface area (Å²) in [5.74, 6) is 0.780. The highest BCUT2D eigenvalue weighted by atomic mass is 32.2. The molecule has 7 heteroatoms. The summed E-state index contributed by atoms with van der Waals surface area (Å²) < 4.78 is 22.8. The molecule has 0 radical (unpaired) electrons. The monoisotopic (exact) mass is 443 g/mol. The van der Waals surface area contributed by atoms with Gasteiger partial charge in [-0.3, -0.25) is 0 Å². The Bertz CT molecular complexity index is 1110. The molecule has 0 spiro atoms. The van der Waals surface area contributed by atoms with Gasteiger partial charge in [-0.1, -0.05) is 36.4 Å². The lowest BCUT2D eigenvalue weighted by Crippen LogP contribution is -2.28. The number of methoxy groups -OCH3 is 1. The summed E-state index contributed by atoms with van der Waals surface area (Å²) in [5, 5.41) is 12.7. The smallest absolute Gasteiger partial charge is 0.139 e. The molecule has 0 bridgehead atoms. The van der Waals surface area contributed by atoms with Crippen LogP contribution in [0.25, 0.3) is 20.5 Å². The maximum absolute atomic E-state index is 13.7. The van der Waals surface area contributed by atoms with Crippen LogP contribution in [-0.4, -0.2) is 33.9 Å². The number of aliphatic hydroxyl groups excluding tert-OH is 1. The lowest BCUT2D eigenvalue weighted by Gasteiger charge is -2.20. The van der Waals surface area contributed by atoms with Crippen LogP contribution in [0.1, 0.15) is 5.56 Å². The molecule has 1 unspecified atom stereocenters. The molecule has 0 saturated heterocycles. The second-order valence-corrected chi connectivity index (χ2v) is 10.1. The van der Waals surface area contributed by atoms with Gasteiger partial charge in [-0.15, -0.1) is 22.7 Å². The molecule has 4 rings (SSSR count). The van der Waals surface area contributed by atoms with Crippen molar-refractivity contribution in [2.24, 2.45) is 0 Å². The van der Waals surface area contributed by atoms with Gasteiger partial charge in [-0.25, -0.2) is 8.51 Å². The fourth-order valence-electron chi connectivity index (χ4n) is 3.19. The van der Waals surface area contributed by atoms with Crippen molar-refractivity contribution in [2.75, 3.05) is 20.3 Å². The summed E-state index contributed by atoms with van der Waals surface area (Å²) in [6, 6.07) is 19.9. The number of hydrogen-bond acceptors (Lipinski definition) is 5. The van der Waals surface area contributed by atoms with Gasteiger partial charge in [0.25, 0.3) is 0 Å². The molecule has 1 atom stereocenters. The summed E-state index contributed by atoms with van der Waals surface area (Å²) >= 11 is 3.17. The number of nitrogens with zero attached hydrogens (tertiary/aromatic N) is 1. The van der Waals surface area contributed by atoms with Crippen LogP contribution in [0.5, 0.6) is 5.75 Å². The Morgan fingerprint density at radius 2 is 1.93 bits per heavy atom. The van der Waals surface area contributed by atoms with Crippen LogP contribution < -0.4 is 4.74 Å². The van der Waals surface area contributed by atoms with E-state index in [1.807, 2.05) is 64.3 Å². The molecule has 2 aromatic heterocycles. The van der Waals surface area contributed by atoms with E-state index in [1.165, 1.54) is 0 Å². The van der Waals surface area contributed by atoms with Crippen molar-refractivity contribution >= 4 is 43.7 Å². The first-order chi connectivity index (χ1) is 14.2. The fraction of sp³-hybridized carbons (Fsp3) is 0.182. The predicted octanol–water partition coefficient (Wildman–Crippen LogP) is 5.16. The third kappa shape index (κ3) is 4.29. The Morgan fingerprint density at radius 1 is 1.10 bits per heavy atom. The van der Waals surface area contributed by atoms with Crippen LogP contribution in [0.2, 0.25) is 0 Å². The first kappa shape index (κ1) is 20.3. The molecule has 0 aliphatic carbocycles. The molecule has 0 fully saturated rings. The van der Waals surface area contributed by atoms with E-state index in [4.69, 9.17) is 4.74 Å². The van der Waals surface area contributed by atoms with Gasteiger partial charge in [0, 0.05) is 33.6 Å². The van der Waals surface area contributed by atoms with Crippen molar-refractivity contribution in [3.8, 4) is 16.2 Å². The van der Waals surface area contributed by atoms with Gasteiger partial charge in [0.15, 0.2) is 0 Å². The molecule has 4 aromatic rings. The largest absolute Gasteiger partial charge is 0.497 e. The Hall–Kier alpha value is -2.03. The molecule has 2 aromatic carbocycles. The Morgan fingerprint density at radius 3 is 2.62 bits per heavy atom. The zero-order chi connectivity index (χ0) is 20.2. The maximum Gasteiger partial charge on any atom is 0.139 e. The Kier molecular flexibility index (Phi) is 6.42. The van der Waals surface area contributed by atoms with Crippen molar-refractivity contribution in [2.45, 2.75) is 10.8 Å². The van der Waals surface area contributed by atoms with Crippen molar-refractivity contribution in [3.63, 3.8) is 0 Å². The van der Waals surface area contributed by atoms with Crippen LogP contribution in [0.4, 0.5) is 0 Å². The molecule has 29 heavy (non-hydrogen) atoms. The van der Waals surface area contributed by atoms with E-state index in [0.29, 0.717) is 13.1 Å². The van der Waals surface area contributed by atoms with Gasteiger partial charge < -0.3 is 9.84 Å². The van der Waals surface area contributed by atoms with Crippen LogP contribution in [0.15, 0.2) is 70.3 Å². The van der Waals surface area contributed by atoms with Crippen LogP contribution >= 0.6 is 22.7 Å². The number of rotatable bonds is 8. The number of ether oxygens (including phenoxy) is 1. The zero-order valence-corrected chi connectivity index (χ0v) is 18.4. The van der Waals surface area contributed by atoms with E-state index >= 15 is 0 Å². The SMILES string of the molecule is COc1ccc2sc(S(=O)N(CCO)Cc3ccccc3)c(-c3cccs3)c2c1. The molecule has 1 N–H and O–H groups in total. The van der Waals surface area contributed by atoms with Crippen molar-refractivity contribution in [1.82, 2.24) is 4.31 Å². The maximum atomic E-state index is 13.7. The Labute approximate surface area is 180 Å². The summed E-state index contributed by atoms with van der Waals surface area (Å²) in [5.41, 5.74) is 2.06. The molecule has 0 aliphatic heterocycles. The number of fused-ring (bicyclic) bond motifs is 1. The second-order valence-electron chi connectivity index (χ2n) is 6.43. The van der Waals surface area contributed by atoms with Crippen LogP contribution in [0.3, 0.4) is 0 Å². The number of benzene rings is 2. The lowest BCUT2D eigenvalue weighted by molar-refractivity contribution is 0.256. The topological polar surface area (TPSA) is 49.8 Å². The number of aliphatic hydroxyl groups is 1. The molecular formula is C22H21NO3S3. The quantitative estimate of drug-likeness (QED) is 0.409.